The first kappa shape index (κ1) is 23.5. The van der Waals surface area contributed by atoms with Crippen LogP contribution in [0, 0.1) is 10.8 Å². The van der Waals surface area contributed by atoms with Gasteiger partial charge in [-0.2, -0.15) is 0 Å². The molecule has 4 rings (SSSR count). The monoisotopic (exact) mass is 457 g/mol. The van der Waals surface area contributed by atoms with E-state index in [1.54, 1.807) is 7.11 Å². The molecular formula is C25H31NO7. The van der Waals surface area contributed by atoms with Crippen LogP contribution >= 0.6 is 0 Å². The number of aromatic nitrogens is 1. The fourth-order valence-corrected chi connectivity index (χ4v) is 4.68. The van der Waals surface area contributed by atoms with Crippen LogP contribution in [-0.2, 0) is 22.5 Å². The summed E-state index contributed by atoms with van der Waals surface area (Å²) in [5.41, 5.74) is 1.89. The van der Waals surface area contributed by atoms with Gasteiger partial charge in [-0.3, -0.25) is 4.79 Å². The van der Waals surface area contributed by atoms with E-state index in [9.17, 15) is 19.8 Å². The Morgan fingerprint density at radius 2 is 1.97 bits per heavy atom. The Balaban J connectivity index is 1.79. The van der Waals surface area contributed by atoms with Gasteiger partial charge < -0.3 is 29.0 Å². The van der Waals surface area contributed by atoms with E-state index in [1.165, 1.54) is 12.3 Å². The second kappa shape index (κ2) is 8.59. The summed E-state index contributed by atoms with van der Waals surface area (Å²) in [5, 5.41) is 19.5. The van der Waals surface area contributed by atoms with Gasteiger partial charge in [0.25, 0.3) is 0 Å². The second-order valence-corrected chi connectivity index (χ2v) is 10.2. The number of fused-ring (bicyclic) bond motifs is 3. The number of hydrogen-bond donors (Lipinski definition) is 2. The molecule has 0 amide bonds. The Labute approximate surface area is 192 Å². The van der Waals surface area contributed by atoms with Crippen LogP contribution in [0.4, 0.5) is 0 Å². The van der Waals surface area contributed by atoms with Gasteiger partial charge in [-0.15, -0.1) is 0 Å². The molecule has 1 aromatic carbocycles. The molecule has 8 nitrogen and oxygen atoms in total. The Bertz CT molecular complexity index is 1120. The molecule has 8 heteroatoms. The van der Waals surface area contributed by atoms with E-state index >= 15 is 0 Å². The number of aliphatic hydroxyl groups is 1. The largest absolute Gasteiger partial charge is 0.492 e. The number of nitrogens with zero attached hydrogens (tertiary/aromatic N) is 1. The van der Waals surface area contributed by atoms with Crippen LogP contribution in [0.25, 0.3) is 11.3 Å². The van der Waals surface area contributed by atoms with Crippen LogP contribution in [-0.4, -0.2) is 54.3 Å². The van der Waals surface area contributed by atoms with Crippen molar-refractivity contribution in [3.05, 3.63) is 51.3 Å². The molecule has 1 saturated heterocycles. The highest BCUT2D eigenvalue weighted by molar-refractivity contribution is 5.87. The van der Waals surface area contributed by atoms with Crippen molar-refractivity contribution in [2.24, 2.45) is 10.8 Å². The predicted molar refractivity (Wildman–Crippen MR) is 122 cm³/mol. The van der Waals surface area contributed by atoms with Gasteiger partial charge in [0.2, 0.25) is 0 Å². The molecule has 0 aliphatic carbocycles. The molecule has 3 heterocycles. The molecule has 0 saturated carbocycles. The van der Waals surface area contributed by atoms with E-state index in [1.807, 2.05) is 16.7 Å². The zero-order valence-corrected chi connectivity index (χ0v) is 19.5. The molecule has 0 bridgehead atoms. The third-order valence-corrected chi connectivity index (χ3v) is 6.59. The van der Waals surface area contributed by atoms with Gasteiger partial charge in [0, 0.05) is 36.5 Å². The lowest BCUT2D eigenvalue weighted by Gasteiger charge is -2.41. The smallest absolute Gasteiger partial charge is 0.341 e. The fourth-order valence-electron chi connectivity index (χ4n) is 4.68. The Kier molecular flexibility index (Phi) is 6.11. The van der Waals surface area contributed by atoms with Crippen LogP contribution in [0.3, 0.4) is 0 Å². The zero-order valence-electron chi connectivity index (χ0n) is 19.5. The quantitative estimate of drug-likeness (QED) is 0.658. The maximum absolute atomic E-state index is 12.5. The summed E-state index contributed by atoms with van der Waals surface area (Å²) in [6, 6.07) is 5.11. The van der Waals surface area contributed by atoms with E-state index in [0.717, 1.165) is 11.1 Å². The van der Waals surface area contributed by atoms with E-state index in [2.05, 4.69) is 20.8 Å². The molecule has 2 aromatic rings. The molecule has 2 aliphatic rings. The number of carboxylic acid groups (broad SMARTS) is 1. The predicted octanol–water partition coefficient (Wildman–Crippen LogP) is 2.89. The van der Waals surface area contributed by atoms with Gasteiger partial charge >= 0.3 is 5.97 Å². The maximum Gasteiger partial charge on any atom is 0.341 e. The molecule has 1 fully saturated rings. The molecule has 33 heavy (non-hydrogen) atoms. The average Bonchev–Trinajstić information content (AvgIpc) is 2.72. The average molecular weight is 458 g/mol. The zero-order chi connectivity index (χ0) is 24.0. The number of hydrogen-bond acceptors (Lipinski definition) is 6. The van der Waals surface area contributed by atoms with Crippen LogP contribution in [0.5, 0.6) is 5.75 Å². The number of carbonyl (C=O) groups is 1. The number of pyridine rings is 1. The maximum atomic E-state index is 12.5. The minimum Gasteiger partial charge on any atom is -0.492 e. The minimum absolute atomic E-state index is 0.0635. The SMILES string of the molecule is COCC1(COc2cc3c(cc2CO)-c2cc(=O)c(C(=O)O)cn2C(C(C)(C)C)C3)COC1. The number of aromatic carboxylic acids is 1. The molecule has 1 aromatic heterocycles. The summed E-state index contributed by atoms with van der Waals surface area (Å²) in [7, 11) is 1.65. The molecular weight excluding hydrogens is 426 g/mol. The highest BCUT2D eigenvalue weighted by Gasteiger charge is 2.40. The lowest BCUT2D eigenvalue weighted by Crippen LogP contribution is -2.50. The highest BCUT2D eigenvalue weighted by Crippen LogP contribution is 2.44. The lowest BCUT2D eigenvalue weighted by molar-refractivity contribution is -0.159. The van der Waals surface area contributed by atoms with E-state index in [0.29, 0.717) is 49.9 Å². The summed E-state index contributed by atoms with van der Waals surface area (Å²) < 4.78 is 18.8. The van der Waals surface area contributed by atoms with Crippen LogP contribution in [0.2, 0.25) is 0 Å². The van der Waals surface area contributed by atoms with Crippen molar-refractivity contribution in [2.75, 3.05) is 33.5 Å². The van der Waals surface area contributed by atoms with Crippen molar-refractivity contribution in [1.29, 1.82) is 0 Å². The first-order valence-electron chi connectivity index (χ1n) is 11.0. The number of methoxy groups -OCH3 is 1. The van der Waals surface area contributed by atoms with Crippen molar-refractivity contribution in [2.45, 2.75) is 39.8 Å². The first-order valence-corrected chi connectivity index (χ1v) is 11.0. The molecule has 1 atom stereocenters. The summed E-state index contributed by atoms with van der Waals surface area (Å²) in [5.74, 6) is -0.636. The molecule has 2 N–H and O–H groups in total. The highest BCUT2D eigenvalue weighted by atomic mass is 16.5. The third kappa shape index (κ3) is 4.30. The van der Waals surface area contributed by atoms with Crippen molar-refractivity contribution in [3.8, 4) is 17.0 Å². The van der Waals surface area contributed by atoms with Crippen LogP contribution < -0.4 is 10.2 Å². The number of aliphatic hydroxyl groups excluding tert-OH is 1. The first-order chi connectivity index (χ1) is 15.6. The topological polar surface area (TPSA) is 107 Å². The summed E-state index contributed by atoms with van der Waals surface area (Å²) in [6.45, 7) is 8.12. The van der Waals surface area contributed by atoms with Gasteiger partial charge in [-0.05, 0) is 29.5 Å². The Morgan fingerprint density at radius 3 is 2.52 bits per heavy atom. The van der Waals surface area contributed by atoms with Gasteiger partial charge in [0.1, 0.15) is 17.9 Å². The van der Waals surface area contributed by atoms with Crippen molar-refractivity contribution in [3.63, 3.8) is 0 Å². The summed E-state index contributed by atoms with van der Waals surface area (Å²) in [4.78, 5) is 24.1. The molecule has 178 valence electrons. The summed E-state index contributed by atoms with van der Waals surface area (Å²) >= 11 is 0. The second-order valence-electron chi connectivity index (χ2n) is 10.2. The lowest BCUT2D eigenvalue weighted by atomic mass is 9.78. The number of carboxylic acids is 1. The van der Waals surface area contributed by atoms with E-state index < -0.39 is 11.4 Å². The molecule has 1 unspecified atom stereocenters. The van der Waals surface area contributed by atoms with Gasteiger partial charge in [-0.25, -0.2) is 4.79 Å². The molecule has 0 spiro atoms. The van der Waals surface area contributed by atoms with Gasteiger partial charge in [0.05, 0.1) is 37.5 Å². The normalized spacial score (nSPS) is 18.8. The number of rotatable bonds is 7. The Hall–Kier alpha value is -2.68. The molecule has 0 radical (unpaired) electrons. The Morgan fingerprint density at radius 1 is 1.24 bits per heavy atom. The molecule has 2 aliphatic heterocycles. The fraction of sp³-hybridized carbons (Fsp3) is 0.520. The van der Waals surface area contributed by atoms with E-state index in [4.69, 9.17) is 14.2 Å². The van der Waals surface area contributed by atoms with Crippen LogP contribution in [0.1, 0.15) is 48.3 Å². The van der Waals surface area contributed by atoms with Gasteiger partial charge in [0.15, 0.2) is 5.43 Å². The van der Waals surface area contributed by atoms with Crippen molar-refractivity contribution < 1.29 is 29.2 Å². The standard InChI is InChI=1S/C25H31NO7/c1-24(2,3)22-7-15-6-21(33-14-25(11-31-4)12-32-13-25)16(10-27)5-17(15)19-8-20(28)18(23(29)30)9-26(19)22/h5-6,8-9,22,27H,7,10-14H2,1-4H3,(H,29,30). The van der Waals surface area contributed by atoms with E-state index in [-0.39, 0.29) is 29.0 Å². The van der Waals surface area contributed by atoms with Crippen LogP contribution in [0.15, 0.2) is 29.2 Å². The van der Waals surface area contributed by atoms with Crippen molar-refractivity contribution in [1.82, 2.24) is 4.57 Å². The minimum atomic E-state index is -1.24. The third-order valence-electron chi connectivity index (χ3n) is 6.59. The summed E-state index contributed by atoms with van der Waals surface area (Å²) in [6.07, 6.45) is 2.09. The van der Waals surface area contributed by atoms with Crippen molar-refractivity contribution >= 4 is 5.97 Å². The number of ether oxygens (including phenoxy) is 3. The van der Waals surface area contributed by atoms with Gasteiger partial charge in [-0.1, -0.05) is 20.8 Å². The number of benzene rings is 1.